The largest absolute Gasteiger partial charge is 0.311 e. The lowest BCUT2D eigenvalue weighted by molar-refractivity contribution is 0.133. The number of rotatable bonds is 5. The lowest BCUT2D eigenvalue weighted by Gasteiger charge is -2.39. The van der Waals surface area contributed by atoms with Crippen LogP contribution < -0.4 is 5.32 Å². The first-order valence-corrected chi connectivity index (χ1v) is 7.77. The van der Waals surface area contributed by atoms with Crippen LogP contribution >= 0.6 is 0 Å². The van der Waals surface area contributed by atoms with Gasteiger partial charge in [0.05, 0.1) is 0 Å². The summed E-state index contributed by atoms with van der Waals surface area (Å²) in [7, 11) is 0. The Morgan fingerprint density at radius 1 is 1.35 bits per heavy atom. The Balaban J connectivity index is 1.88. The number of nitrogens with one attached hydrogen (secondary N) is 1. The molecule has 1 aliphatic rings. The quantitative estimate of drug-likeness (QED) is 0.890. The van der Waals surface area contributed by atoms with Crippen LogP contribution in [0.1, 0.15) is 32.8 Å². The fourth-order valence-corrected chi connectivity index (χ4v) is 3.00. The molecule has 20 heavy (non-hydrogen) atoms. The molecule has 1 aromatic rings. The third-order valence-corrected chi connectivity index (χ3v) is 4.16. The molecule has 0 aliphatic carbocycles. The molecule has 1 heterocycles. The average molecular weight is 278 g/mol. The molecule has 0 spiro atoms. The van der Waals surface area contributed by atoms with E-state index in [2.05, 4.69) is 31.0 Å². The summed E-state index contributed by atoms with van der Waals surface area (Å²) in [4.78, 5) is 2.50. The standard InChI is InChI=1S/C17H27FN2/c1-13(2)10-16-12-20(14(3)11-19-16)9-8-15-6-4-5-7-17(15)18/h4-7,13-14,16,19H,8-12H2,1-3H3. The molecule has 0 aromatic heterocycles. The molecule has 0 bridgehead atoms. The van der Waals surface area contributed by atoms with E-state index < -0.39 is 0 Å². The predicted molar refractivity (Wildman–Crippen MR) is 82.4 cm³/mol. The maximum absolute atomic E-state index is 13.7. The van der Waals surface area contributed by atoms with Gasteiger partial charge in [-0.15, -0.1) is 0 Å². The zero-order valence-electron chi connectivity index (χ0n) is 12.9. The highest BCUT2D eigenvalue weighted by Crippen LogP contribution is 2.15. The Kier molecular flexibility index (Phi) is 5.55. The van der Waals surface area contributed by atoms with Crippen LogP contribution in [-0.2, 0) is 6.42 Å². The maximum atomic E-state index is 13.7. The number of nitrogens with zero attached hydrogens (tertiary/aromatic N) is 1. The Morgan fingerprint density at radius 2 is 2.10 bits per heavy atom. The van der Waals surface area contributed by atoms with Gasteiger partial charge in [0, 0.05) is 31.7 Å². The highest BCUT2D eigenvalue weighted by atomic mass is 19.1. The van der Waals surface area contributed by atoms with Crippen LogP contribution in [0.25, 0.3) is 0 Å². The minimum atomic E-state index is -0.0750. The molecule has 1 saturated heterocycles. The monoisotopic (exact) mass is 278 g/mol. The summed E-state index contributed by atoms with van der Waals surface area (Å²) in [6.45, 7) is 9.84. The summed E-state index contributed by atoms with van der Waals surface area (Å²) < 4.78 is 13.7. The van der Waals surface area contributed by atoms with Gasteiger partial charge in [-0.2, -0.15) is 0 Å². The SMILES string of the molecule is CC(C)CC1CN(CCc2ccccc2F)C(C)CN1. The van der Waals surface area contributed by atoms with Crippen molar-refractivity contribution in [2.45, 2.75) is 45.7 Å². The summed E-state index contributed by atoms with van der Waals surface area (Å²) in [6.07, 6.45) is 2.01. The van der Waals surface area contributed by atoms with E-state index in [1.54, 1.807) is 12.1 Å². The van der Waals surface area contributed by atoms with Crippen LogP contribution in [0.15, 0.2) is 24.3 Å². The van der Waals surface area contributed by atoms with Crippen molar-refractivity contribution in [3.63, 3.8) is 0 Å². The number of benzene rings is 1. The number of hydrogen-bond donors (Lipinski definition) is 1. The van der Waals surface area contributed by atoms with Gasteiger partial charge >= 0.3 is 0 Å². The molecule has 1 N–H and O–H groups in total. The highest BCUT2D eigenvalue weighted by Gasteiger charge is 2.25. The van der Waals surface area contributed by atoms with Crippen molar-refractivity contribution in [1.82, 2.24) is 10.2 Å². The zero-order valence-corrected chi connectivity index (χ0v) is 12.9. The average Bonchev–Trinajstić information content (AvgIpc) is 2.40. The van der Waals surface area contributed by atoms with Gasteiger partial charge in [-0.1, -0.05) is 32.0 Å². The van der Waals surface area contributed by atoms with Gasteiger partial charge < -0.3 is 5.32 Å². The highest BCUT2D eigenvalue weighted by molar-refractivity contribution is 5.17. The minimum Gasteiger partial charge on any atom is -0.311 e. The molecular weight excluding hydrogens is 251 g/mol. The van der Waals surface area contributed by atoms with Gasteiger partial charge in [0.25, 0.3) is 0 Å². The minimum absolute atomic E-state index is 0.0750. The predicted octanol–water partition coefficient (Wildman–Crippen LogP) is 3.08. The van der Waals surface area contributed by atoms with Gasteiger partial charge in [0.2, 0.25) is 0 Å². The van der Waals surface area contributed by atoms with Crippen LogP contribution in [0, 0.1) is 11.7 Å². The smallest absolute Gasteiger partial charge is 0.126 e. The van der Waals surface area contributed by atoms with Crippen LogP contribution in [0.5, 0.6) is 0 Å². The van der Waals surface area contributed by atoms with Gasteiger partial charge in [0.1, 0.15) is 5.82 Å². The molecule has 0 saturated carbocycles. The molecule has 3 heteroatoms. The van der Waals surface area contributed by atoms with E-state index in [0.717, 1.165) is 31.6 Å². The van der Waals surface area contributed by atoms with Crippen molar-refractivity contribution in [3.05, 3.63) is 35.6 Å². The molecule has 0 radical (unpaired) electrons. The van der Waals surface area contributed by atoms with Crippen molar-refractivity contribution in [2.75, 3.05) is 19.6 Å². The molecule has 2 atom stereocenters. The van der Waals surface area contributed by atoms with Gasteiger partial charge in [0.15, 0.2) is 0 Å². The van der Waals surface area contributed by atoms with Crippen LogP contribution in [0.4, 0.5) is 4.39 Å². The van der Waals surface area contributed by atoms with Crippen molar-refractivity contribution in [1.29, 1.82) is 0 Å². The fraction of sp³-hybridized carbons (Fsp3) is 0.647. The Hall–Kier alpha value is -0.930. The van der Waals surface area contributed by atoms with E-state index in [1.807, 2.05) is 12.1 Å². The van der Waals surface area contributed by atoms with Gasteiger partial charge in [-0.3, -0.25) is 4.90 Å². The summed E-state index contributed by atoms with van der Waals surface area (Å²) in [5.74, 6) is 0.642. The molecule has 2 nitrogen and oxygen atoms in total. The van der Waals surface area contributed by atoms with E-state index >= 15 is 0 Å². The number of halogens is 1. The normalized spacial score (nSPS) is 24.2. The zero-order chi connectivity index (χ0) is 14.5. The van der Waals surface area contributed by atoms with Crippen molar-refractivity contribution in [3.8, 4) is 0 Å². The third kappa shape index (κ3) is 4.29. The molecule has 112 valence electrons. The molecule has 1 aliphatic heterocycles. The number of piperazine rings is 1. The molecular formula is C17H27FN2. The first-order chi connectivity index (χ1) is 9.56. The summed E-state index contributed by atoms with van der Waals surface area (Å²) in [6, 6.07) is 8.23. The molecule has 0 amide bonds. The molecule has 2 rings (SSSR count). The molecule has 1 aromatic carbocycles. The van der Waals surface area contributed by atoms with Crippen molar-refractivity contribution in [2.24, 2.45) is 5.92 Å². The van der Waals surface area contributed by atoms with Crippen molar-refractivity contribution < 1.29 is 4.39 Å². The van der Waals surface area contributed by atoms with E-state index in [1.165, 1.54) is 6.42 Å². The van der Waals surface area contributed by atoms with E-state index in [9.17, 15) is 4.39 Å². The summed E-state index contributed by atoms with van der Waals surface area (Å²) in [5, 5.41) is 3.62. The van der Waals surface area contributed by atoms with Crippen molar-refractivity contribution >= 4 is 0 Å². The van der Waals surface area contributed by atoms with E-state index in [0.29, 0.717) is 18.0 Å². The Morgan fingerprint density at radius 3 is 2.80 bits per heavy atom. The van der Waals surface area contributed by atoms with E-state index in [-0.39, 0.29) is 5.82 Å². The summed E-state index contributed by atoms with van der Waals surface area (Å²) in [5.41, 5.74) is 0.832. The van der Waals surface area contributed by atoms with E-state index in [4.69, 9.17) is 0 Å². The molecule has 1 fully saturated rings. The second-order valence-electron chi connectivity index (χ2n) is 6.42. The lowest BCUT2D eigenvalue weighted by Crippen LogP contribution is -2.56. The second kappa shape index (κ2) is 7.19. The number of hydrogen-bond acceptors (Lipinski definition) is 2. The lowest BCUT2D eigenvalue weighted by atomic mass is 9.99. The van der Waals surface area contributed by atoms with Crippen LogP contribution in [-0.4, -0.2) is 36.6 Å². The Bertz CT molecular complexity index is 419. The van der Waals surface area contributed by atoms with Crippen LogP contribution in [0.2, 0.25) is 0 Å². The Labute approximate surface area is 122 Å². The first-order valence-electron chi connectivity index (χ1n) is 7.77. The maximum Gasteiger partial charge on any atom is 0.126 e. The van der Waals surface area contributed by atoms with Gasteiger partial charge in [-0.05, 0) is 37.3 Å². The topological polar surface area (TPSA) is 15.3 Å². The summed E-state index contributed by atoms with van der Waals surface area (Å²) >= 11 is 0. The van der Waals surface area contributed by atoms with Gasteiger partial charge in [-0.25, -0.2) is 4.39 Å². The third-order valence-electron chi connectivity index (χ3n) is 4.16. The molecule has 2 unspecified atom stereocenters. The fourth-order valence-electron chi connectivity index (χ4n) is 3.00. The first kappa shape index (κ1) is 15.5. The second-order valence-corrected chi connectivity index (χ2v) is 6.42. The van der Waals surface area contributed by atoms with Crippen LogP contribution in [0.3, 0.4) is 0 Å².